The van der Waals surface area contributed by atoms with Crippen LogP contribution in [0.25, 0.3) is 0 Å². The molecule has 0 aliphatic heterocycles. The third kappa shape index (κ3) is 7.85. The molecule has 27 heavy (non-hydrogen) atoms. The largest absolute Gasteiger partial charge is 0.508 e. The van der Waals surface area contributed by atoms with Crippen molar-refractivity contribution in [3.63, 3.8) is 0 Å². The van der Waals surface area contributed by atoms with Gasteiger partial charge in [-0.05, 0) is 36.1 Å². The molecule has 0 heterocycles. The summed E-state index contributed by atoms with van der Waals surface area (Å²) in [5, 5.41) is 32.6. The second-order valence-electron chi connectivity index (χ2n) is 5.90. The van der Waals surface area contributed by atoms with Crippen LogP contribution in [-0.2, 0) is 20.8 Å². The van der Waals surface area contributed by atoms with Gasteiger partial charge in [0.2, 0.25) is 11.8 Å². The molecule has 0 saturated heterocycles. The molecule has 0 radical (unpaired) electrons. The summed E-state index contributed by atoms with van der Waals surface area (Å²) in [6.07, 6.45) is 2.25. The first kappa shape index (κ1) is 22.7. The molecule has 0 spiro atoms. The first-order valence-electron chi connectivity index (χ1n) is 8.25. The zero-order valence-electron chi connectivity index (χ0n) is 14.9. The minimum absolute atomic E-state index is 0.0271. The van der Waals surface area contributed by atoms with E-state index in [9.17, 15) is 29.7 Å². The molecule has 0 bridgehead atoms. The SMILES string of the molecule is CSCC[C@H](N)C(=O)N[C@@H](CO)C(=O)N[C@@H](Cc1ccc(O)cc1)C(=O)O. The maximum atomic E-state index is 12.3. The van der Waals surface area contributed by atoms with Crippen LogP contribution in [0, 0.1) is 0 Å². The van der Waals surface area contributed by atoms with Crippen LogP contribution >= 0.6 is 11.8 Å². The van der Waals surface area contributed by atoms with E-state index >= 15 is 0 Å². The molecule has 1 aromatic carbocycles. The fourth-order valence-electron chi connectivity index (χ4n) is 2.19. The van der Waals surface area contributed by atoms with Crippen molar-refractivity contribution in [1.29, 1.82) is 0 Å². The van der Waals surface area contributed by atoms with Crippen LogP contribution in [0.3, 0.4) is 0 Å². The number of carboxylic acid groups (broad SMARTS) is 1. The van der Waals surface area contributed by atoms with Crippen LogP contribution in [-0.4, -0.2) is 69.8 Å². The molecule has 9 nitrogen and oxygen atoms in total. The molecule has 2 amide bonds. The number of aliphatic hydroxyl groups is 1. The highest BCUT2D eigenvalue weighted by Gasteiger charge is 2.27. The molecule has 3 atom stereocenters. The predicted octanol–water partition coefficient (Wildman–Crippen LogP) is -0.938. The van der Waals surface area contributed by atoms with Crippen LogP contribution in [0.2, 0.25) is 0 Å². The number of carbonyl (C=O) groups excluding carboxylic acids is 2. The molecule has 0 saturated carbocycles. The van der Waals surface area contributed by atoms with E-state index in [1.807, 2.05) is 6.26 Å². The third-order valence-electron chi connectivity index (χ3n) is 3.78. The van der Waals surface area contributed by atoms with E-state index in [1.165, 1.54) is 36.0 Å². The lowest BCUT2D eigenvalue weighted by molar-refractivity contribution is -0.142. The Morgan fingerprint density at radius 1 is 1.11 bits per heavy atom. The molecule has 0 aliphatic rings. The minimum Gasteiger partial charge on any atom is -0.508 e. The van der Waals surface area contributed by atoms with Crippen LogP contribution < -0.4 is 16.4 Å². The van der Waals surface area contributed by atoms with E-state index in [2.05, 4.69) is 10.6 Å². The standard InChI is InChI=1S/C17H25N3O6S/c1-27-7-6-12(18)15(23)20-14(9-21)16(24)19-13(17(25)26)8-10-2-4-11(22)5-3-10/h2-5,12-14,21-22H,6-9,18H2,1H3,(H,19,24)(H,20,23)(H,25,26)/t12-,13-,14-/m0/s1. The zero-order chi connectivity index (χ0) is 20.4. The number of carbonyl (C=O) groups is 3. The molecule has 150 valence electrons. The van der Waals surface area contributed by atoms with Crippen LogP contribution in [0.4, 0.5) is 0 Å². The lowest BCUT2D eigenvalue weighted by atomic mass is 10.1. The van der Waals surface area contributed by atoms with Crippen molar-refractivity contribution in [2.24, 2.45) is 5.73 Å². The fourth-order valence-corrected chi connectivity index (χ4v) is 2.68. The average Bonchev–Trinajstić information content (AvgIpc) is 2.64. The molecule has 10 heteroatoms. The fraction of sp³-hybridized carbons (Fsp3) is 0.471. The highest BCUT2D eigenvalue weighted by molar-refractivity contribution is 7.98. The number of carboxylic acids is 1. The number of phenols is 1. The molecule has 0 aromatic heterocycles. The summed E-state index contributed by atoms with van der Waals surface area (Å²) in [6.45, 7) is -0.696. The van der Waals surface area contributed by atoms with Crippen molar-refractivity contribution >= 4 is 29.5 Å². The van der Waals surface area contributed by atoms with Gasteiger partial charge in [0.25, 0.3) is 0 Å². The highest BCUT2D eigenvalue weighted by atomic mass is 32.2. The number of aliphatic carboxylic acids is 1. The Bertz CT molecular complexity index is 640. The number of amides is 2. The number of nitrogens with one attached hydrogen (secondary N) is 2. The Balaban J connectivity index is 2.70. The van der Waals surface area contributed by atoms with E-state index in [4.69, 9.17) is 5.73 Å². The van der Waals surface area contributed by atoms with Gasteiger partial charge in [-0.2, -0.15) is 11.8 Å². The van der Waals surface area contributed by atoms with Gasteiger partial charge in [-0.1, -0.05) is 12.1 Å². The normalized spacial score (nSPS) is 14.0. The lowest BCUT2D eigenvalue weighted by Gasteiger charge is -2.21. The topological polar surface area (TPSA) is 162 Å². The van der Waals surface area contributed by atoms with Gasteiger partial charge in [0.1, 0.15) is 17.8 Å². The molecule has 1 aromatic rings. The molecule has 0 unspecified atom stereocenters. The Kier molecular flexibility index (Phi) is 9.62. The summed E-state index contributed by atoms with van der Waals surface area (Å²) in [7, 11) is 0. The molecular formula is C17H25N3O6S. The van der Waals surface area contributed by atoms with Gasteiger partial charge in [-0.25, -0.2) is 4.79 Å². The number of hydrogen-bond acceptors (Lipinski definition) is 7. The first-order valence-corrected chi connectivity index (χ1v) is 9.64. The summed E-state index contributed by atoms with van der Waals surface area (Å²) in [5.74, 6) is -1.98. The van der Waals surface area contributed by atoms with Gasteiger partial charge >= 0.3 is 5.97 Å². The van der Waals surface area contributed by atoms with Gasteiger partial charge in [-0.15, -0.1) is 0 Å². The van der Waals surface area contributed by atoms with Gasteiger partial charge in [-0.3, -0.25) is 9.59 Å². The molecule has 0 fully saturated rings. The Morgan fingerprint density at radius 2 is 1.70 bits per heavy atom. The quantitative estimate of drug-likeness (QED) is 0.278. The van der Waals surface area contributed by atoms with Gasteiger partial charge in [0.05, 0.1) is 12.6 Å². The van der Waals surface area contributed by atoms with E-state index in [0.29, 0.717) is 17.7 Å². The number of nitrogens with two attached hydrogens (primary N) is 1. The van der Waals surface area contributed by atoms with E-state index in [0.717, 1.165) is 0 Å². The smallest absolute Gasteiger partial charge is 0.326 e. The number of thioether (sulfide) groups is 1. The second-order valence-corrected chi connectivity index (χ2v) is 6.89. The van der Waals surface area contributed by atoms with Gasteiger partial charge in [0, 0.05) is 6.42 Å². The third-order valence-corrected chi connectivity index (χ3v) is 4.42. The van der Waals surface area contributed by atoms with E-state index in [-0.39, 0.29) is 12.2 Å². The van der Waals surface area contributed by atoms with Crippen molar-refractivity contribution in [3.8, 4) is 5.75 Å². The van der Waals surface area contributed by atoms with E-state index < -0.39 is 42.5 Å². The average molecular weight is 399 g/mol. The van der Waals surface area contributed by atoms with Crippen molar-refractivity contribution in [3.05, 3.63) is 29.8 Å². The molecule has 0 aliphatic carbocycles. The summed E-state index contributed by atoms with van der Waals surface area (Å²) in [4.78, 5) is 35.7. The Hall–Kier alpha value is -2.30. The maximum absolute atomic E-state index is 12.3. The minimum atomic E-state index is -1.31. The van der Waals surface area contributed by atoms with Crippen molar-refractivity contribution in [1.82, 2.24) is 10.6 Å². The number of phenolic OH excluding ortho intramolecular Hbond substituents is 1. The number of rotatable bonds is 11. The van der Waals surface area contributed by atoms with Crippen LogP contribution in [0.5, 0.6) is 5.75 Å². The lowest BCUT2D eigenvalue weighted by Crippen LogP contribution is -2.56. The van der Waals surface area contributed by atoms with Crippen molar-refractivity contribution < 1.29 is 29.7 Å². The summed E-state index contributed by atoms with van der Waals surface area (Å²) < 4.78 is 0. The Labute approximate surface area is 161 Å². The van der Waals surface area contributed by atoms with Gasteiger partial charge in [0.15, 0.2) is 0 Å². The highest BCUT2D eigenvalue weighted by Crippen LogP contribution is 2.11. The second kappa shape index (κ2) is 11.4. The number of hydrogen-bond donors (Lipinski definition) is 6. The summed E-state index contributed by atoms with van der Waals surface area (Å²) >= 11 is 1.52. The predicted molar refractivity (Wildman–Crippen MR) is 101 cm³/mol. The molecular weight excluding hydrogens is 374 g/mol. The first-order chi connectivity index (χ1) is 12.8. The molecule has 7 N–H and O–H groups in total. The van der Waals surface area contributed by atoms with Crippen LogP contribution in [0.1, 0.15) is 12.0 Å². The van der Waals surface area contributed by atoms with Crippen molar-refractivity contribution in [2.75, 3.05) is 18.6 Å². The zero-order valence-corrected chi connectivity index (χ0v) is 15.7. The monoisotopic (exact) mass is 399 g/mol. The summed E-state index contributed by atoms with van der Waals surface area (Å²) in [6, 6.07) is 2.48. The number of aliphatic hydroxyl groups excluding tert-OH is 1. The maximum Gasteiger partial charge on any atom is 0.326 e. The Morgan fingerprint density at radius 3 is 2.22 bits per heavy atom. The van der Waals surface area contributed by atoms with Crippen LogP contribution in [0.15, 0.2) is 24.3 Å². The summed E-state index contributed by atoms with van der Waals surface area (Å²) in [5.41, 5.74) is 6.30. The van der Waals surface area contributed by atoms with E-state index in [1.54, 1.807) is 0 Å². The van der Waals surface area contributed by atoms with Crippen molar-refractivity contribution in [2.45, 2.75) is 31.0 Å². The number of aromatic hydroxyl groups is 1. The number of benzene rings is 1. The van der Waals surface area contributed by atoms with Gasteiger partial charge < -0.3 is 31.7 Å². The molecule has 1 rings (SSSR count).